The Hall–Kier alpha value is -4.35. The van der Waals surface area contributed by atoms with Crippen LogP contribution in [0.15, 0.2) is 55.2 Å². The number of imidazole rings is 1. The van der Waals surface area contributed by atoms with E-state index in [0.29, 0.717) is 29.3 Å². The fraction of sp³-hybridized carbons (Fsp3) is 0.269. The fourth-order valence-corrected chi connectivity index (χ4v) is 4.05. The Bertz CT molecular complexity index is 1550. The largest absolute Gasteiger partial charge is 0.457 e. The molecular formula is C26H28N8O3. The van der Waals surface area contributed by atoms with Gasteiger partial charge < -0.3 is 29.4 Å². The molecule has 5 rings (SSSR count). The zero-order valence-corrected chi connectivity index (χ0v) is 21.1. The molecule has 0 aliphatic heterocycles. The molecule has 0 bridgehead atoms. The minimum atomic E-state index is -0.659. The summed E-state index contributed by atoms with van der Waals surface area (Å²) >= 11 is 0. The summed E-state index contributed by atoms with van der Waals surface area (Å²) in [7, 11) is 5.32. The van der Waals surface area contributed by atoms with Crippen molar-refractivity contribution in [1.29, 1.82) is 0 Å². The predicted molar refractivity (Wildman–Crippen MR) is 142 cm³/mol. The van der Waals surface area contributed by atoms with Crippen molar-refractivity contribution < 1.29 is 14.6 Å². The molecule has 0 aliphatic carbocycles. The molecule has 11 nitrogen and oxygen atoms in total. The summed E-state index contributed by atoms with van der Waals surface area (Å²) in [6, 6.07) is 11.7. The van der Waals surface area contributed by atoms with Gasteiger partial charge in [-0.25, -0.2) is 24.9 Å². The Kier molecular flexibility index (Phi) is 6.80. The van der Waals surface area contributed by atoms with E-state index < -0.39 is 6.10 Å². The van der Waals surface area contributed by atoms with E-state index in [1.165, 1.54) is 6.33 Å². The smallest absolute Gasteiger partial charge is 0.225 e. The molecule has 0 saturated heterocycles. The lowest BCUT2D eigenvalue weighted by molar-refractivity contribution is 0.0693. The Morgan fingerprint density at radius 1 is 1.08 bits per heavy atom. The summed E-state index contributed by atoms with van der Waals surface area (Å²) < 4.78 is 13.1. The van der Waals surface area contributed by atoms with Gasteiger partial charge >= 0.3 is 0 Å². The van der Waals surface area contributed by atoms with Crippen LogP contribution in [0, 0.1) is 6.92 Å². The van der Waals surface area contributed by atoms with Crippen LogP contribution in [0.4, 0.5) is 17.5 Å². The predicted octanol–water partition coefficient (Wildman–Crippen LogP) is 3.59. The number of methoxy groups -OCH3 is 1. The van der Waals surface area contributed by atoms with Crippen LogP contribution >= 0.6 is 0 Å². The summed E-state index contributed by atoms with van der Waals surface area (Å²) in [5.41, 5.74) is 4.88. The van der Waals surface area contributed by atoms with Crippen molar-refractivity contribution in [3.05, 3.63) is 60.8 Å². The monoisotopic (exact) mass is 500 g/mol. The topological polar surface area (TPSA) is 123 Å². The first kappa shape index (κ1) is 24.3. The molecule has 3 aromatic heterocycles. The van der Waals surface area contributed by atoms with Crippen LogP contribution < -0.4 is 15.0 Å². The van der Waals surface area contributed by atoms with E-state index in [-0.39, 0.29) is 6.61 Å². The molecular weight excluding hydrogens is 472 g/mol. The average molecular weight is 501 g/mol. The van der Waals surface area contributed by atoms with Crippen LogP contribution in [0.5, 0.6) is 11.5 Å². The van der Waals surface area contributed by atoms with Gasteiger partial charge in [0, 0.05) is 39.5 Å². The van der Waals surface area contributed by atoms with Gasteiger partial charge in [0.05, 0.1) is 36.3 Å². The van der Waals surface area contributed by atoms with Crippen LogP contribution in [0.2, 0.25) is 0 Å². The molecule has 0 saturated carbocycles. The van der Waals surface area contributed by atoms with Crippen LogP contribution in [0.25, 0.3) is 22.1 Å². The molecule has 37 heavy (non-hydrogen) atoms. The van der Waals surface area contributed by atoms with Gasteiger partial charge in [0.25, 0.3) is 0 Å². The Morgan fingerprint density at radius 2 is 1.95 bits per heavy atom. The normalized spacial score (nSPS) is 12.1. The van der Waals surface area contributed by atoms with E-state index in [1.54, 1.807) is 24.5 Å². The molecule has 11 heteroatoms. The molecule has 2 aromatic carbocycles. The van der Waals surface area contributed by atoms with Crippen molar-refractivity contribution in [3.63, 3.8) is 0 Å². The summed E-state index contributed by atoms with van der Waals surface area (Å²) in [5, 5.41) is 13.4. The van der Waals surface area contributed by atoms with Gasteiger partial charge in [-0.3, -0.25) is 0 Å². The Morgan fingerprint density at radius 3 is 2.76 bits per heavy atom. The van der Waals surface area contributed by atoms with Crippen molar-refractivity contribution >= 4 is 39.5 Å². The highest BCUT2D eigenvalue weighted by Gasteiger charge is 2.14. The van der Waals surface area contributed by atoms with E-state index in [1.807, 2.05) is 62.0 Å². The van der Waals surface area contributed by atoms with Crippen LogP contribution in [-0.2, 0) is 11.8 Å². The number of benzene rings is 2. The molecule has 1 unspecified atom stereocenters. The van der Waals surface area contributed by atoms with E-state index in [0.717, 1.165) is 33.8 Å². The van der Waals surface area contributed by atoms with Gasteiger partial charge in [-0.2, -0.15) is 0 Å². The summed E-state index contributed by atoms with van der Waals surface area (Å²) in [6.45, 7) is 2.53. The molecule has 0 aliphatic rings. The number of hydrogen-bond acceptors (Lipinski definition) is 10. The van der Waals surface area contributed by atoms with E-state index in [2.05, 4.69) is 30.2 Å². The van der Waals surface area contributed by atoms with Gasteiger partial charge in [-0.1, -0.05) is 0 Å². The SMILES string of the molecule is COCC(O)CN(C)c1ncc2ncnc(Nc3ccc(Oc4ccc5c(c4)ncn5C)c(C)c3)c2n1. The third kappa shape index (κ3) is 5.27. The highest BCUT2D eigenvalue weighted by atomic mass is 16.5. The first-order valence-corrected chi connectivity index (χ1v) is 11.7. The maximum atomic E-state index is 10.1. The van der Waals surface area contributed by atoms with Crippen molar-refractivity contribution in [2.75, 3.05) is 37.5 Å². The lowest BCUT2D eigenvalue weighted by Crippen LogP contribution is -2.32. The minimum absolute atomic E-state index is 0.227. The maximum absolute atomic E-state index is 10.1. The summed E-state index contributed by atoms with van der Waals surface area (Å²) in [5.74, 6) is 2.47. The Balaban J connectivity index is 1.36. The molecule has 0 spiro atoms. The van der Waals surface area contributed by atoms with Crippen molar-refractivity contribution in [3.8, 4) is 11.5 Å². The van der Waals surface area contributed by atoms with Crippen LogP contribution in [-0.4, -0.2) is 68.0 Å². The van der Waals surface area contributed by atoms with Gasteiger partial charge in [0.1, 0.15) is 28.9 Å². The van der Waals surface area contributed by atoms with E-state index in [9.17, 15) is 5.11 Å². The number of anilines is 3. The number of hydrogen-bond donors (Lipinski definition) is 2. The first-order valence-electron chi connectivity index (χ1n) is 11.7. The second kappa shape index (κ2) is 10.3. The third-order valence-corrected chi connectivity index (χ3v) is 5.91. The quantitative estimate of drug-likeness (QED) is 0.310. The molecule has 2 N–H and O–H groups in total. The number of ether oxygens (including phenoxy) is 2. The number of likely N-dealkylation sites (N-methyl/N-ethyl adjacent to an activating group) is 1. The van der Waals surface area contributed by atoms with Crippen molar-refractivity contribution in [1.82, 2.24) is 29.5 Å². The second-order valence-corrected chi connectivity index (χ2v) is 8.83. The van der Waals surface area contributed by atoms with E-state index in [4.69, 9.17) is 9.47 Å². The van der Waals surface area contributed by atoms with Gasteiger partial charge in [0.15, 0.2) is 5.82 Å². The number of fused-ring (bicyclic) bond motifs is 2. The zero-order chi connectivity index (χ0) is 25.9. The van der Waals surface area contributed by atoms with Gasteiger partial charge in [-0.15, -0.1) is 0 Å². The van der Waals surface area contributed by atoms with Gasteiger partial charge in [-0.05, 0) is 42.8 Å². The summed E-state index contributed by atoms with van der Waals surface area (Å²) in [6.07, 6.45) is 4.24. The van der Waals surface area contributed by atoms with Gasteiger partial charge in [0.2, 0.25) is 5.95 Å². The average Bonchev–Trinajstić information content (AvgIpc) is 3.25. The first-order chi connectivity index (χ1) is 17.9. The highest BCUT2D eigenvalue weighted by Crippen LogP contribution is 2.31. The number of aryl methyl sites for hydroxylation is 2. The fourth-order valence-electron chi connectivity index (χ4n) is 4.05. The minimum Gasteiger partial charge on any atom is -0.457 e. The molecule has 0 radical (unpaired) electrons. The van der Waals surface area contributed by atoms with Crippen molar-refractivity contribution in [2.45, 2.75) is 13.0 Å². The number of rotatable bonds is 9. The zero-order valence-electron chi connectivity index (χ0n) is 21.1. The number of aromatic nitrogens is 6. The molecule has 3 heterocycles. The molecule has 190 valence electrons. The number of nitrogens with one attached hydrogen (secondary N) is 1. The second-order valence-electron chi connectivity index (χ2n) is 8.83. The highest BCUT2D eigenvalue weighted by molar-refractivity contribution is 5.87. The molecule has 1 atom stereocenters. The summed E-state index contributed by atoms with van der Waals surface area (Å²) in [4.78, 5) is 23.9. The Labute approximate surface area is 213 Å². The number of aliphatic hydroxyl groups is 1. The molecule has 0 fully saturated rings. The van der Waals surface area contributed by atoms with Crippen LogP contribution in [0.3, 0.4) is 0 Å². The third-order valence-electron chi connectivity index (χ3n) is 5.91. The number of nitrogens with zero attached hydrogens (tertiary/aromatic N) is 7. The lowest BCUT2D eigenvalue weighted by Gasteiger charge is -2.20. The lowest BCUT2D eigenvalue weighted by atomic mass is 10.2. The van der Waals surface area contributed by atoms with E-state index >= 15 is 0 Å². The standard InChI is InChI=1S/C26H28N8O3/c1-16-9-17(5-8-23(16)37-19-6-7-22-20(10-19)30-15-34(22)3)31-25-24-21(28-14-29-25)11-27-26(32-24)33(2)12-18(35)13-36-4/h5-11,14-15,18,35H,12-13H2,1-4H3,(H,28,29,31). The maximum Gasteiger partial charge on any atom is 0.225 e. The molecule has 5 aromatic rings. The van der Waals surface area contributed by atoms with Crippen molar-refractivity contribution in [2.24, 2.45) is 7.05 Å². The van der Waals surface area contributed by atoms with Crippen LogP contribution in [0.1, 0.15) is 5.56 Å². The molecule has 0 amide bonds. The number of aliphatic hydroxyl groups excluding tert-OH is 1.